The number of carbonyl (C=O) groups is 3. The van der Waals surface area contributed by atoms with Crippen LogP contribution in [0.2, 0.25) is 0 Å². The molecule has 0 radical (unpaired) electrons. The van der Waals surface area contributed by atoms with Gasteiger partial charge in [-0.25, -0.2) is 4.79 Å². The second-order valence-corrected chi connectivity index (χ2v) is 5.82. The van der Waals surface area contributed by atoms with Crippen LogP contribution in [0, 0.1) is 0 Å². The number of carboxylic acid groups (broad SMARTS) is 1. The van der Waals surface area contributed by atoms with E-state index >= 15 is 0 Å². The van der Waals surface area contributed by atoms with E-state index in [2.05, 4.69) is 12.6 Å². The molecule has 130 valence electrons. The molecule has 0 aliphatic rings. The maximum atomic E-state index is 12.9. The number of hydrogen-bond donors (Lipinski definition) is 4. The summed E-state index contributed by atoms with van der Waals surface area (Å²) >= 11 is 4.13. The Hall–Kier alpha value is -2.52. The molecule has 2 atom stereocenters. The molecule has 0 aliphatic heterocycles. The molecule has 0 amide bonds. The van der Waals surface area contributed by atoms with Crippen LogP contribution in [0.4, 0.5) is 0 Å². The number of carboxylic acids is 1. The first-order valence-electron chi connectivity index (χ1n) is 7.23. The highest BCUT2D eigenvalue weighted by Crippen LogP contribution is 2.28. The number of nitrogens with zero attached hydrogens (tertiary/aromatic N) is 1. The molecule has 0 spiro atoms. The van der Waals surface area contributed by atoms with Crippen molar-refractivity contribution in [3.63, 3.8) is 0 Å². The number of rotatable bonds is 7. The zero-order valence-electron chi connectivity index (χ0n) is 13.1. The number of benzene rings is 2. The summed E-state index contributed by atoms with van der Waals surface area (Å²) in [7, 11) is 0. The average molecular weight is 359 g/mol. The first-order valence-corrected chi connectivity index (χ1v) is 7.75. The van der Waals surface area contributed by atoms with Gasteiger partial charge in [-0.1, -0.05) is 60.7 Å². The smallest absolute Gasteiger partial charge is 0.336 e. The van der Waals surface area contributed by atoms with Gasteiger partial charge < -0.3 is 5.11 Å². The van der Waals surface area contributed by atoms with Gasteiger partial charge in [-0.3, -0.25) is 21.3 Å². The quantitative estimate of drug-likeness (QED) is 0.190. The third-order valence-electron chi connectivity index (χ3n) is 3.82. The van der Waals surface area contributed by atoms with Gasteiger partial charge in [0.15, 0.2) is 11.6 Å². The molecular formula is C17H17N3O4S. The van der Waals surface area contributed by atoms with Gasteiger partial charge in [0, 0.05) is 11.1 Å². The van der Waals surface area contributed by atoms with Gasteiger partial charge in [0.2, 0.25) is 5.54 Å². The van der Waals surface area contributed by atoms with Gasteiger partial charge in [-0.15, -0.1) is 0 Å². The highest BCUT2D eigenvalue weighted by atomic mass is 32.1. The fourth-order valence-electron chi connectivity index (χ4n) is 2.47. The van der Waals surface area contributed by atoms with Crippen LogP contribution in [-0.4, -0.2) is 38.5 Å². The van der Waals surface area contributed by atoms with E-state index in [1.807, 2.05) is 0 Å². The fraction of sp³-hybridized carbons (Fsp3) is 0.118. The van der Waals surface area contributed by atoms with Crippen LogP contribution in [0.25, 0.3) is 0 Å². The first-order chi connectivity index (χ1) is 11.8. The second-order valence-electron chi connectivity index (χ2n) is 5.31. The predicted octanol–water partition coefficient (Wildman–Crippen LogP) is 0.923. The lowest BCUT2D eigenvalue weighted by Gasteiger charge is -2.36. The zero-order chi connectivity index (χ0) is 18.6. The summed E-state index contributed by atoms with van der Waals surface area (Å²) < 4.78 is 0. The molecule has 0 saturated heterocycles. The minimum atomic E-state index is -2.57. The van der Waals surface area contributed by atoms with Gasteiger partial charge in [0.05, 0.1) is 0 Å². The molecule has 0 aliphatic carbocycles. The molecule has 8 heteroatoms. The Bertz CT molecular complexity index is 783. The van der Waals surface area contributed by atoms with E-state index in [-0.39, 0.29) is 16.2 Å². The van der Waals surface area contributed by atoms with Crippen molar-refractivity contribution in [1.29, 1.82) is 0 Å². The van der Waals surface area contributed by atoms with Crippen molar-refractivity contribution in [3.8, 4) is 0 Å². The van der Waals surface area contributed by atoms with Crippen LogP contribution < -0.4 is 11.7 Å². The number of hydrazine groups is 2. The van der Waals surface area contributed by atoms with Gasteiger partial charge >= 0.3 is 5.97 Å². The van der Waals surface area contributed by atoms with Crippen molar-refractivity contribution in [2.24, 2.45) is 11.7 Å². The van der Waals surface area contributed by atoms with Crippen LogP contribution >= 0.6 is 12.6 Å². The molecule has 0 fully saturated rings. The van der Waals surface area contributed by atoms with Gasteiger partial charge in [0.1, 0.15) is 5.25 Å². The topological polar surface area (TPSA) is 127 Å². The van der Waals surface area contributed by atoms with E-state index in [4.69, 9.17) is 11.7 Å². The van der Waals surface area contributed by atoms with E-state index < -0.39 is 28.3 Å². The first kappa shape index (κ1) is 18.8. The molecule has 2 aromatic rings. The third kappa shape index (κ3) is 3.33. The number of Topliss-reactive ketones (excluding diaryl/α,β-unsaturated/α-hetero) is 2. The van der Waals surface area contributed by atoms with Crippen LogP contribution in [0.15, 0.2) is 60.7 Å². The van der Waals surface area contributed by atoms with Gasteiger partial charge in [-0.05, 0) is 0 Å². The molecule has 2 aromatic carbocycles. The van der Waals surface area contributed by atoms with Crippen LogP contribution in [0.1, 0.15) is 20.7 Å². The Labute approximate surface area is 149 Å². The number of ketones is 2. The lowest BCUT2D eigenvalue weighted by molar-refractivity contribution is -0.148. The monoisotopic (exact) mass is 359 g/mol. The Kier molecular flexibility index (Phi) is 5.70. The van der Waals surface area contributed by atoms with Crippen LogP contribution in [0.5, 0.6) is 0 Å². The largest absolute Gasteiger partial charge is 0.479 e. The summed E-state index contributed by atoms with van der Waals surface area (Å²) in [6.07, 6.45) is 0. The lowest BCUT2D eigenvalue weighted by atomic mass is 9.82. The highest BCUT2D eigenvalue weighted by molar-refractivity contribution is 7.82. The molecule has 0 saturated carbocycles. The summed E-state index contributed by atoms with van der Waals surface area (Å²) in [5, 5.41) is 8.38. The van der Waals surface area contributed by atoms with Crippen molar-refractivity contribution < 1.29 is 19.5 Å². The number of hydrogen-bond acceptors (Lipinski definition) is 7. The Morgan fingerprint density at radius 2 is 1.36 bits per heavy atom. The van der Waals surface area contributed by atoms with E-state index in [1.165, 1.54) is 24.3 Å². The van der Waals surface area contributed by atoms with Gasteiger partial charge in [0.25, 0.3) is 0 Å². The average Bonchev–Trinajstić information content (AvgIpc) is 2.62. The molecule has 0 heterocycles. The van der Waals surface area contributed by atoms with Crippen molar-refractivity contribution in [2.45, 2.75) is 10.8 Å². The van der Waals surface area contributed by atoms with Crippen LogP contribution in [0.3, 0.4) is 0 Å². The highest BCUT2D eigenvalue weighted by Gasteiger charge is 2.57. The van der Waals surface area contributed by atoms with E-state index in [0.29, 0.717) is 0 Å². The standard InChI is InChI=1S/C17H17N3O4S/c18-20(19)17(16(23)24,14(22)12-9-5-2-6-10-12)15(25)13(21)11-7-3-1-4-8-11/h1-10,15,25H,18-19H2,(H,23,24)/t15?,17-/m0/s1. The summed E-state index contributed by atoms with van der Waals surface area (Å²) in [6, 6.07) is 15.5. The number of nitrogens with two attached hydrogens (primary N) is 2. The number of aliphatic carboxylic acids is 1. The van der Waals surface area contributed by atoms with Crippen molar-refractivity contribution in [1.82, 2.24) is 5.12 Å². The second kappa shape index (κ2) is 7.58. The summed E-state index contributed by atoms with van der Waals surface area (Å²) in [4.78, 5) is 37.7. The molecule has 2 rings (SSSR count). The summed E-state index contributed by atoms with van der Waals surface area (Å²) in [5.74, 6) is 7.78. The summed E-state index contributed by atoms with van der Waals surface area (Å²) in [6.45, 7) is 0. The van der Waals surface area contributed by atoms with E-state index in [9.17, 15) is 19.5 Å². The van der Waals surface area contributed by atoms with E-state index in [0.717, 1.165) is 0 Å². The SMILES string of the molecule is NN(N)[C@@](C(=O)O)(C(=O)c1ccccc1)C(S)C(=O)c1ccccc1. The number of carbonyl (C=O) groups excluding carboxylic acids is 2. The van der Waals surface area contributed by atoms with E-state index in [1.54, 1.807) is 36.4 Å². The minimum Gasteiger partial charge on any atom is -0.479 e. The molecular weight excluding hydrogens is 342 g/mol. The molecule has 1 unspecified atom stereocenters. The van der Waals surface area contributed by atoms with Crippen molar-refractivity contribution in [2.75, 3.05) is 0 Å². The Balaban J connectivity index is 2.58. The third-order valence-corrected chi connectivity index (χ3v) is 4.43. The molecule has 5 N–H and O–H groups in total. The Morgan fingerprint density at radius 3 is 1.76 bits per heavy atom. The minimum absolute atomic E-state index is 0.0470. The number of thiol groups is 1. The molecule has 0 aromatic heterocycles. The maximum absolute atomic E-state index is 12.9. The molecule has 0 bridgehead atoms. The van der Waals surface area contributed by atoms with Crippen molar-refractivity contribution in [3.05, 3.63) is 71.8 Å². The van der Waals surface area contributed by atoms with Gasteiger partial charge in [-0.2, -0.15) is 17.7 Å². The van der Waals surface area contributed by atoms with Crippen molar-refractivity contribution >= 4 is 30.2 Å². The maximum Gasteiger partial charge on any atom is 0.336 e. The predicted molar refractivity (Wildman–Crippen MR) is 94.9 cm³/mol. The Morgan fingerprint density at radius 1 is 0.920 bits per heavy atom. The van der Waals surface area contributed by atoms with Crippen LogP contribution in [-0.2, 0) is 4.79 Å². The lowest BCUT2D eigenvalue weighted by Crippen LogP contribution is -2.71. The normalized spacial score (nSPS) is 14.6. The fourth-order valence-corrected chi connectivity index (χ4v) is 2.98. The molecule has 25 heavy (non-hydrogen) atoms. The summed E-state index contributed by atoms with van der Waals surface area (Å²) in [5.41, 5.74) is -2.33. The zero-order valence-corrected chi connectivity index (χ0v) is 14.0. The molecule has 7 nitrogen and oxygen atoms in total.